The molecule has 0 unspecified atom stereocenters. The van der Waals surface area contributed by atoms with E-state index in [1.54, 1.807) is 6.07 Å². The Bertz CT molecular complexity index is 170. The fourth-order valence-electron chi connectivity index (χ4n) is 0.176. The van der Waals surface area contributed by atoms with Gasteiger partial charge in [0.25, 0.3) is 0 Å². The Morgan fingerprint density at radius 1 is 1.89 bits per heavy atom. The summed E-state index contributed by atoms with van der Waals surface area (Å²) in [6.45, 7) is 3.12. The van der Waals surface area contributed by atoms with Crippen molar-refractivity contribution in [2.45, 2.75) is 0 Å². The van der Waals surface area contributed by atoms with Crippen LogP contribution < -0.4 is 0 Å². The molecule has 0 radical (unpaired) electrons. The van der Waals surface area contributed by atoms with Crippen LogP contribution in [0.2, 0.25) is 0 Å². The number of rotatable bonds is 2. The minimum absolute atomic E-state index is 0.126. The summed E-state index contributed by atoms with van der Waals surface area (Å²) in [4.78, 5) is 9.86. The summed E-state index contributed by atoms with van der Waals surface area (Å²) in [6.07, 6.45) is 0. The van der Waals surface area contributed by atoms with Crippen molar-refractivity contribution in [1.82, 2.24) is 0 Å². The van der Waals surface area contributed by atoms with Crippen molar-refractivity contribution in [3.05, 3.63) is 12.2 Å². The van der Waals surface area contributed by atoms with Crippen LogP contribution in [0, 0.1) is 11.3 Å². The van der Waals surface area contributed by atoms with Crippen molar-refractivity contribution < 1.29 is 9.53 Å². The highest BCUT2D eigenvalue weighted by Crippen LogP contribution is 1.92. The summed E-state index contributed by atoms with van der Waals surface area (Å²) in [5, 5.41) is 8.06. The zero-order chi connectivity index (χ0) is 7.28. The summed E-state index contributed by atoms with van der Waals surface area (Å²) in [5.74, 6) is 0. The molecule has 48 valence electrons. The Kier molecular flexibility index (Phi) is 3.49. The van der Waals surface area contributed by atoms with E-state index in [0.29, 0.717) is 0 Å². The van der Waals surface area contributed by atoms with Gasteiger partial charge in [-0.15, -0.1) is 0 Å². The van der Waals surface area contributed by atoms with Crippen LogP contribution in [-0.4, -0.2) is 12.0 Å². The number of carbonyl (C=O) groups excluding carboxylic acids is 1. The maximum Gasteiger partial charge on any atom is 0.404 e. The van der Waals surface area contributed by atoms with Gasteiger partial charge in [0, 0.05) is 11.6 Å². The summed E-state index contributed by atoms with van der Waals surface area (Å²) in [5.41, 5.74) is -0.754. The van der Waals surface area contributed by atoms with Crippen LogP contribution in [0.5, 0.6) is 0 Å². The van der Waals surface area contributed by atoms with Crippen LogP contribution in [0.25, 0.3) is 0 Å². The standard InChI is InChI=1S/C5H4ClNO2/c1-4(2-7)3-9-5(6)8/h1,3H2. The van der Waals surface area contributed by atoms with Gasteiger partial charge < -0.3 is 4.74 Å². The zero-order valence-electron chi connectivity index (χ0n) is 4.56. The van der Waals surface area contributed by atoms with E-state index in [1.807, 2.05) is 0 Å². The van der Waals surface area contributed by atoms with Crippen molar-refractivity contribution in [3.63, 3.8) is 0 Å². The van der Waals surface area contributed by atoms with Gasteiger partial charge in [-0.25, -0.2) is 4.79 Å². The maximum absolute atomic E-state index is 9.86. The molecule has 9 heavy (non-hydrogen) atoms. The van der Waals surface area contributed by atoms with Crippen molar-refractivity contribution in [2.75, 3.05) is 6.61 Å². The lowest BCUT2D eigenvalue weighted by molar-refractivity contribution is 0.184. The van der Waals surface area contributed by atoms with Crippen LogP contribution in [0.4, 0.5) is 4.79 Å². The molecule has 0 aromatic rings. The molecular weight excluding hydrogens is 142 g/mol. The Hall–Kier alpha value is -1.01. The van der Waals surface area contributed by atoms with Gasteiger partial charge in [0.15, 0.2) is 0 Å². The molecule has 0 saturated heterocycles. The van der Waals surface area contributed by atoms with E-state index in [4.69, 9.17) is 16.9 Å². The lowest BCUT2D eigenvalue weighted by Crippen LogP contribution is -1.96. The molecule has 0 heterocycles. The van der Waals surface area contributed by atoms with E-state index in [2.05, 4.69) is 11.3 Å². The van der Waals surface area contributed by atoms with E-state index in [1.165, 1.54) is 0 Å². The minimum Gasteiger partial charge on any atom is -0.448 e. The molecule has 0 fully saturated rings. The van der Waals surface area contributed by atoms with Gasteiger partial charge >= 0.3 is 5.43 Å². The molecule has 0 aliphatic heterocycles. The van der Waals surface area contributed by atoms with Crippen molar-refractivity contribution in [3.8, 4) is 6.07 Å². The molecule has 3 nitrogen and oxygen atoms in total. The first-order valence-corrected chi connectivity index (χ1v) is 2.44. The zero-order valence-corrected chi connectivity index (χ0v) is 5.31. The highest BCUT2D eigenvalue weighted by molar-refractivity contribution is 6.61. The number of ether oxygens (including phenoxy) is 1. The van der Waals surface area contributed by atoms with Crippen LogP contribution in [-0.2, 0) is 4.74 Å². The summed E-state index contributed by atoms with van der Waals surface area (Å²) in [6, 6.07) is 1.69. The Labute approximate surface area is 57.5 Å². The highest BCUT2D eigenvalue weighted by Gasteiger charge is 1.95. The quantitative estimate of drug-likeness (QED) is 0.436. The first-order valence-electron chi connectivity index (χ1n) is 2.07. The van der Waals surface area contributed by atoms with Crippen LogP contribution >= 0.6 is 11.6 Å². The van der Waals surface area contributed by atoms with Gasteiger partial charge in [-0.05, 0) is 0 Å². The normalized spacial score (nSPS) is 7.56. The molecule has 0 aromatic carbocycles. The van der Waals surface area contributed by atoms with E-state index >= 15 is 0 Å². The Morgan fingerprint density at radius 3 is 2.78 bits per heavy atom. The highest BCUT2D eigenvalue weighted by atomic mass is 35.5. The average Bonchev–Trinajstić information content (AvgIpc) is 1.83. The molecule has 0 atom stereocenters. The number of hydrogen-bond acceptors (Lipinski definition) is 3. The molecule has 0 aromatic heterocycles. The number of nitriles is 1. The summed E-state index contributed by atoms with van der Waals surface area (Å²) >= 11 is 4.77. The number of nitrogens with zero attached hydrogens (tertiary/aromatic N) is 1. The minimum atomic E-state index is -0.925. The van der Waals surface area contributed by atoms with Gasteiger partial charge in [-0.2, -0.15) is 5.26 Å². The monoisotopic (exact) mass is 145 g/mol. The molecule has 0 N–H and O–H groups in total. The van der Waals surface area contributed by atoms with E-state index in [0.717, 1.165) is 0 Å². The van der Waals surface area contributed by atoms with E-state index in [9.17, 15) is 4.79 Å². The van der Waals surface area contributed by atoms with Crippen LogP contribution in [0.3, 0.4) is 0 Å². The maximum atomic E-state index is 9.86. The van der Waals surface area contributed by atoms with Crippen LogP contribution in [0.15, 0.2) is 12.2 Å². The number of carbonyl (C=O) groups is 1. The van der Waals surface area contributed by atoms with Crippen molar-refractivity contribution in [1.29, 1.82) is 5.26 Å². The lowest BCUT2D eigenvalue weighted by atomic mass is 10.4. The molecule has 0 bridgehead atoms. The van der Waals surface area contributed by atoms with Gasteiger partial charge in [-0.3, -0.25) is 0 Å². The Morgan fingerprint density at radius 2 is 2.44 bits per heavy atom. The predicted octanol–water partition coefficient (Wildman–Crippen LogP) is 1.44. The van der Waals surface area contributed by atoms with E-state index in [-0.39, 0.29) is 12.2 Å². The lowest BCUT2D eigenvalue weighted by Gasteiger charge is -1.93. The molecule has 0 spiro atoms. The van der Waals surface area contributed by atoms with Gasteiger partial charge in [-0.1, -0.05) is 6.58 Å². The second-order valence-electron chi connectivity index (χ2n) is 1.24. The third-order valence-corrected chi connectivity index (χ3v) is 0.627. The van der Waals surface area contributed by atoms with Gasteiger partial charge in [0.2, 0.25) is 0 Å². The third-order valence-electron chi connectivity index (χ3n) is 0.518. The fourth-order valence-corrected chi connectivity index (χ4v) is 0.231. The topological polar surface area (TPSA) is 50.1 Å². The molecule has 0 aliphatic carbocycles. The summed E-state index contributed by atoms with van der Waals surface area (Å²) < 4.78 is 4.20. The van der Waals surface area contributed by atoms with Gasteiger partial charge in [0.05, 0.1) is 11.6 Å². The first kappa shape index (κ1) is 7.99. The predicted molar refractivity (Wildman–Crippen MR) is 32.0 cm³/mol. The third kappa shape index (κ3) is 4.85. The number of halogens is 1. The van der Waals surface area contributed by atoms with E-state index < -0.39 is 5.43 Å². The van der Waals surface area contributed by atoms with Crippen molar-refractivity contribution in [2.24, 2.45) is 0 Å². The first-order chi connectivity index (χ1) is 4.16. The number of hydrogen-bond donors (Lipinski definition) is 0. The smallest absolute Gasteiger partial charge is 0.404 e. The molecule has 0 saturated carbocycles. The molecular formula is C5H4ClNO2. The summed E-state index contributed by atoms with van der Waals surface area (Å²) in [7, 11) is 0. The largest absolute Gasteiger partial charge is 0.448 e. The SMILES string of the molecule is C=C(C#N)COC(=O)Cl. The average molecular weight is 146 g/mol. The van der Waals surface area contributed by atoms with Crippen molar-refractivity contribution >= 4 is 17.0 Å². The molecule has 0 amide bonds. The second-order valence-corrected chi connectivity index (χ2v) is 1.55. The molecule has 0 aliphatic rings. The second kappa shape index (κ2) is 3.93. The van der Waals surface area contributed by atoms with Gasteiger partial charge in [0.1, 0.15) is 6.61 Å². The Balaban J connectivity index is 3.43. The molecule has 0 rings (SSSR count). The van der Waals surface area contributed by atoms with Crippen LogP contribution in [0.1, 0.15) is 0 Å². The molecule has 4 heteroatoms. The fraction of sp³-hybridized carbons (Fsp3) is 0.200.